The lowest BCUT2D eigenvalue weighted by atomic mass is 9.66. The Morgan fingerprint density at radius 1 is 0.870 bits per heavy atom. The van der Waals surface area contributed by atoms with Crippen molar-refractivity contribution < 1.29 is 31.1 Å². The van der Waals surface area contributed by atoms with Gasteiger partial charge in [0, 0.05) is 44.0 Å². The second-order valence-corrected chi connectivity index (χ2v) is 13.3. The molecule has 1 amide bonds. The summed E-state index contributed by atoms with van der Waals surface area (Å²) in [6.07, 6.45) is -1.55. The Balaban J connectivity index is 1.55. The van der Waals surface area contributed by atoms with Gasteiger partial charge in [-0.05, 0) is 95.6 Å². The first-order valence-electron chi connectivity index (χ1n) is 15.7. The van der Waals surface area contributed by atoms with Crippen molar-refractivity contribution in [2.75, 3.05) is 18.0 Å². The first-order valence-corrected chi connectivity index (χ1v) is 16.5. The molecule has 248 valence electrons. The molecular formula is C34H37BrF6N4O. The number of halogens is 7. The smallest absolute Gasteiger partial charge is 0.342 e. The van der Waals surface area contributed by atoms with E-state index in [0.29, 0.717) is 30.2 Å². The second-order valence-electron chi connectivity index (χ2n) is 12.4. The van der Waals surface area contributed by atoms with E-state index in [1.165, 1.54) is 12.4 Å². The number of carbonyl (C=O) groups is 1. The molecule has 0 bridgehead atoms. The first kappa shape index (κ1) is 34.2. The lowest BCUT2D eigenvalue weighted by Gasteiger charge is -2.46. The van der Waals surface area contributed by atoms with Crippen LogP contribution in [0, 0.1) is 17.8 Å². The predicted octanol–water partition coefficient (Wildman–Crippen LogP) is 8.96. The highest BCUT2D eigenvalue weighted by atomic mass is 79.9. The molecule has 0 radical (unpaired) electrons. The number of amides is 1. The number of likely N-dealkylation sites (tertiary alicyclic amines) is 1. The maximum absolute atomic E-state index is 14.1. The lowest BCUT2D eigenvalue weighted by Crippen LogP contribution is -2.51. The van der Waals surface area contributed by atoms with Crippen molar-refractivity contribution in [3.63, 3.8) is 0 Å². The van der Waals surface area contributed by atoms with Gasteiger partial charge in [-0.1, -0.05) is 43.7 Å². The van der Waals surface area contributed by atoms with Crippen molar-refractivity contribution in [1.29, 1.82) is 0 Å². The number of anilines is 1. The van der Waals surface area contributed by atoms with Crippen LogP contribution in [0.3, 0.4) is 0 Å². The number of piperidine rings is 1. The standard InChI is InChI=1S/C34H37BrF6N4O/c1-2-24-16-29(17-25(13-22-9-5-3-6-10-22)30(24)31(46)44-11-7-4-8-12-44)45(32-42-19-28(35)20-43-32)21-23-14-26(33(36,37)38)18-27(15-23)34(39,40)41/h3,5-6,9-10,14-15,18-20,24-25,29-30H,2,4,7-8,11-13,16-17,21H2,1H3. The highest BCUT2D eigenvalue weighted by molar-refractivity contribution is 9.10. The van der Waals surface area contributed by atoms with Crippen molar-refractivity contribution in [2.24, 2.45) is 17.8 Å². The van der Waals surface area contributed by atoms with Crippen LogP contribution in [0.4, 0.5) is 32.3 Å². The monoisotopic (exact) mass is 710 g/mol. The summed E-state index contributed by atoms with van der Waals surface area (Å²) in [5.41, 5.74) is -1.80. The number of hydrogen-bond donors (Lipinski definition) is 0. The molecule has 1 aliphatic heterocycles. The molecule has 5 nitrogen and oxygen atoms in total. The van der Waals surface area contributed by atoms with Gasteiger partial charge >= 0.3 is 12.4 Å². The van der Waals surface area contributed by atoms with E-state index in [1.54, 1.807) is 4.90 Å². The van der Waals surface area contributed by atoms with Gasteiger partial charge < -0.3 is 9.80 Å². The summed E-state index contributed by atoms with van der Waals surface area (Å²) in [4.78, 5) is 26.7. The van der Waals surface area contributed by atoms with E-state index in [4.69, 9.17) is 0 Å². The lowest BCUT2D eigenvalue weighted by molar-refractivity contribution is -0.143. The van der Waals surface area contributed by atoms with E-state index in [1.807, 2.05) is 42.2 Å². The average molecular weight is 712 g/mol. The maximum Gasteiger partial charge on any atom is 0.416 e. The molecule has 5 rings (SSSR count). The van der Waals surface area contributed by atoms with Gasteiger partial charge in [0.2, 0.25) is 11.9 Å². The fourth-order valence-electron chi connectivity index (χ4n) is 7.13. The van der Waals surface area contributed by atoms with Crippen LogP contribution in [0.25, 0.3) is 0 Å². The quantitative estimate of drug-likeness (QED) is 0.219. The Bertz CT molecular complexity index is 1430. The topological polar surface area (TPSA) is 49.3 Å². The molecule has 46 heavy (non-hydrogen) atoms. The fourth-order valence-corrected chi connectivity index (χ4v) is 7.33. The van der Waals surface area contributed by atoms with Gasteiger partial charge in [0.15, 0.2) is 0 Å². The summed E-state index contributed by atoms with van der Waals surface area (Å²) >= 11 is 3.31. The molecular weight excluding hydrogens is 674 g/mol. The molecule has 1 aliphatic carbocycles. The minimum atomic E-state index is -4.96. The number of rotatable bonds is 8. The Hall–Kier alpha value is -3.15. The van der Waals surface area contributed by atoms with Gasteiger partial charge in [0.25, 0.3) is 0 Å². The molecule has 2 heterocycles. The number of hydrogen-bond acceptors (Lipinski definition) is 4. The summed E-state index contributed by atoms with van der Waals surface area (Å²) in [5, 5.41) is 0. The van der Waals surface area contributed by atoms with Crippen molar-refractivity contribution >= 4 is 27.8 Å². The van der Waals surface area contributed by atoms with E-state index in [9.17, 15) is 31.1 Å². The van der Waals surface area contributed by atoms with Gasteiger partial charge in [-0.2, -0.15) is 26.3 Å². The molecule has 2 aliphatic rings. The predicted molar refractivity (Wildman–Crippen MR) is 167 cm³/mol. The average Bonchev–Trinajstić information content (AvgIpc) is 3.03. The minimum Gasteiger partial charge on any atom is -0.342 e. The number of aromatic nitrogens is 2. The third-order valence-electron chi connectivity index (χ3n) is 9.29. The number of alkyl halides is 6. The van der Waals surface area contributed by atoms with E-state index >= 15 is 0 Å². The van der Waals surface area contributed by atoms with Gasteiger partial charge in [0.1, 0.15) is 0 Å². The summed E-state index contributed by atoms with van der Waals surface area (Å²) in [7, 11) is 0. The highest BCUT2D eigenvalue weighted by Crippen LogP contribution is 2.44. The Kier molecular flexibility index (Phi) is 10.6. The van der Waals surface area contributed by atoms with Crippen molar-refractivity contribution in [1.82, 2.24) is 14.9 Å². The SMILES string of the molecule is CCC1CC(N(Cc2cc(C(F)(F)F)cc(C(F)(F)F)c2)c2ncc(Br)cn2)CC(Cc2ccccc2)C1C(=O)N1CCCCC1. The van der Waals surface area contributed by atoms with Crippen LogP contribution in [-0.4, -0.2) is 39.9 Å². The largest absolute Gasteiger partial charge is 0.416 e. The molecule has 4 atom stereocenters. The van der Waals surface area contributed by atoms with E-state index < -0.39 is 23.5 Å². The third kappa shape index (κ3) is 8.22. The summed E-state index contributed by atoms with van der Waals surface area (Å²) < 4.78 is 83.2. The van der Waals surface area contributed by atoms with Gasteiger partial charge in [0.05, 0.1) is 15.6 Å². The summed E-state index contributed by atoms with van der Waals surface area (Å²) in [6, 6.07) is 11.2. The number of nitrogens with zero attached hydrogens (tertiary/aromatic N) is 4. The van der Waals surface area contributed by atoms with Gasteiger partial charge in [-0.15, -0.1) is 0 Å². The van der Waals surface area contributed by atoms with Crippen LogP contribution in [0.5, 0.6) is 0 Å². The molecule has 0 spiro atoms. The molecule has 3 aromatic rings. The molecule has 1 saturated heterocycles. The third-order valence-corrected chi connectivity index (χ3v) is 9.70. The molecule has 1 saturated carbocycles. The second kappa shape index (κ2) is 14.3. The molecule has 2 fully saturated rings. The van der Waals surface area contributed by atoms with Crippen LogP contribution in [-0.2, 0) is 30.1 Å². The zero-order valence-electron chi connectivity index (χ0n) is 25.5. The van der Waals surface area contributed by atoms with Gasteiger partial charge in [-0.3, -0.25) is 4.79 Å². The Labute approximate surface area is 273 Å². The molecule has 12 heteroatoms. The minimum absolute atomic E-state index is 0.0490. The molecule has 0 N–H and O–H groups in total. The molecule has 1 aromatic heterocycles. The van der Waals surface area contributed by atoms with Crippen LogP contribution < -0.4 is 4.90 Å². The highest BCUT2D eigenvalue weighted by Gasteiger charge is 2.45. The van der Waals surface area contributed by atoms with Crippen molar-refractivity contribution in [2.45, 2.75) is 76.8 Å². The Morgan fingerprint density at radius 3 is 2.02 bits per heavy atom. The molecule has 4 unspecified atom stereocenters. The zero-order valence-corrected chi connectivity index (χ0v) is 27.1. The van der Waals surface area contributed by atoms with Crippen LogP contribution in [0.1, 0.15) is 67.7 Å². The van der Waals surface area contributed by atoms with E-state index in [0.717, 1.165) is 50.0 Å². The number of benzene rings is 2. The Morgan fingerprint density at radius 2 is 1.46 bits per heavy atom. The van der Waals surface area contributed by atoms with Crippen LogP contribution in [0.2, 0.25) is 0 Å². The number of carbonyl (C=O) groups excluding carboxylic acids is 1. The summed E-state index contributed by atoms with van der Waals surface area (Å²) in [5.74, 6) is -0.0613. The van der Waals surface area contributed by atoms with Crippen molar-refractivity contribution in [3.8, 4) is 0 Å². The van der Waals surface area contributed by atoms with E-state index in [2.05, 4.69) is 25.9 Å². The normalized spacial score (nSPS) is 22.5. The summed E-state index contributed by atoms with van der Waals surface area (Å²) in [6.45, 7) is 3.22. The fraction of sp³-hybridized carbons (Fsp3) is 0.500. The van der Waals surface area contributed by atoms with E-state index in [-0.39, 0.29) is 53.8 Å². The maximum atomic E-state index is 14.1. The molecule has 2 aromatic carbocycles. The van der Waals surface area contributed by atoms with Crippen molar-refractivity contribution in [3.05, 3.63) is 87.7 Å². The van der Waals surface area contributed by atoms with Crippen LogP contribution >= 0.6 is 15.9 Å². The zero-order chi connectivity index (χ0) is 33.1. The first-order chi connectivity index (χ1) is 21.8. The van der Waals surface area contributed by atoms with Gasteiger partial charge in [-0.25, -0.2) is 9.97 Å². The van der Waals surface area contributed by atoms with Crippen LogP contribution in [0.15, 0.2) is 65.4 Å².